The van der Waals surface area contributed by atoms with Crippen LogP contribution in [-0.2, 0) is 9.59 Å². The Morgan fingerprint density at radius 2 is 1.84 bits per heavy atom. The monoisotopic (exact) mass is 359 g/mol. The largest absolute Gasteiger partial charge is 0.351 e. The predicted molar refractivity (Wildman–Crippen MR) is 98.7 cm³/mol. The van der Waals surface area contributed by atoms with E-state index in [9.17, 15) is 14.4 Å². The number of rotatable bonds is 7. The van der Waals surface area contributed by atoms with Gasteiger partial charge in [0.15, 0.2) is 0 Å². The second-order valence-corrected chi connectivity index (χ2v) is 6.59. The maximum absolute atomic E-state index is 12.0. The summed E-state index contributed by atoms with van der Waals surface area (Å²) in [6.07, 6.45) is 0.144. The zero-order chi connectivity index (χ0) is 18.2. The van der Waals surface area contributed by atoms with Gasteiger partial charge in [0.2, 0.25) is 11.8 Å². The van der Waals surface area contributed by atoms with E-state index in [0.717, 1.165) is 5.56 Å². The Labute approximate surface area is 150 Å². The first kappa shape index (κ1) is 18.7. The molecule has 0 unspecified atom stereocenters. The average molecular weight is 359 g/mol. The first-order valence-corrected chi connectivity index (χ1v) is 8.76. The number of anilines is 1. The number of nitrogens with zero attached hydrogens (tertiary/aromatic N) is 1. The third-order valence-corrected chi connectivity index (χ3v) is 4.38. The van der Waals surface area contributed by atoms with Crippen molar-refractivity contribution in [2.24, 2.45) is 0 Å². The molecule has 0 atom stereocenters. The number of nitrogens with one attached hydrogen (secondary N) is 2. The molecular formula is C18H21N3O3S. The lowest BCUT2D eigenvalue weighted by Gasteiger charge is -2.17. The summed E-state index contributed by atoms with van der Waals surface area (Å²) in [5, 5.41) is 7.26. The highest BCUT2D eigenvalue weighted by molar-refractivity contribution is 7.12. The van der Waals surface area contributed by atoms with Crippen LogP contribution in [0.25, 0.3) is 0 Å². The van der Waals surface area contributed by atoms with E-state index < -0.39 is 0 Å². The van der Waals surface area contributed by atoms with Gasteiger partial charge >= 0.3 is 0 Å². The van der Waals surface area contributed by atoms with Crippen molar-refractivity contribution >= 4 is 34.7 Å². The van der Waals surface area contributed by atoms with E-state index in [1.54, 1.807) is 19.2 Å². The molecule has 2 rings (SSSR count). The molecule has 25 heavy (non-hydrogen) atoms. The number of hydrogen-bond acceptors (Lipinski definition) is 4. The van der Waals surface area contributed by atoms with Crippen LogP contribution in [-0.4, -0.2) is 42.8 Å². The van der Waals surface area contributed by atoms with E-state index >= 15 is 0 Å². The van der Waals surface area contributed by atoms with Crippen LogP contribution in [0.4, 0.5) is 5.69 Å². The van der Waals surface area contributed by atoms with E-state index in [1.165, 1.54) is 16.2 Å². The molecule has 7 heteroatoms. The van der Waals surface area contributed by atoms with Crippen LogP contribution < -0.4 is 10.6 Å². The van der Waals surface area contributed by atoms with Crippen LogP contribution >= 0.6 is 11.3 Å². The summed E-state index contributed by atoms with van der Waals surface area (Å²) in [4.78, 5) is 37.7. The Kier molecular flexibility index (Phi) is 6.71. The summed E-state index contributed by atoms with van der Waals surface area (Å²) in [5.74, 6) is -0.657. The molecule has 6 nitrogen and oxygen atoms in total. The second-order valence-electron chi connectivity index (χ2n) is 5.65. The molecule has 1 aromatic carbocycles. The van der Waals surface area contributed by atoms with Gasteiger partial charge in [-0.15, -0.1) is 11.3 Å². The van der Waals surface area contributed by atoms with Crippen molar-refractivity contribution in [2.45, 2.75) is 13.3 Å². The molecule has 2 aromatic rings. The van der Waals surface area contributed by atoms with E-state index in [0.29, 0.717) is 10.6 Å². The second kappa shape index (κ2) is 8.98. The van der Waals surface area contributed by atoms with E-state index in [-0.39, 0.29) is 37.2 Å². The van der Waals surface area contributed by atoms with Gasteiger partial charge in [0, 0.05) is 25.7 Å². The molecule has 0 fully saturated rings. The first-order chi connectivity index (χ1) is 12.0. The number of thiophene rings is 1. The van der Waals surface area contributed by atoms with Crippen molar-refractivity contribution < 1.29 is 14.4 Å². The van der Waals surface area contributed by atoms with E-state index in [4.69, 9.17) is 0 Å². The summed E-state index contributed by atoms with van der Waals surface area (Å²) in [6, 6.07) is 11.0. The molecule has 2 N–H and O–H groups in total. The lowest BCUT2D eigenvalue weighted by Crippen LogP contribution is -2.37. The minimum Gasteiger partial charge on any atom is -0.351 e. The minimum absolute atomic E-state index is 0.0361. The number of likely N-dealkylation sites (N-methyl/N-ethyl adjacent to an activating group) is 1. The molecule has 132 valence electrons. The van der Waals surface area contributed by atoms with Crippen LogP contribution in [0.2, 0.25) is 0 Å². The Balaban J connectivity index is 1.71. The fourth-order valence-corrected chi connectivity index (χ4v) is 2.75. The van der Waals surface area contributed by atoms with Gasteiger partial charge in [-0.1, -0.05) is 23.8 Å². The summed E-state index contributed by atoms with van der Waals surface area (Å²) >= 11 is 1.35. The van der Waals surface area contributed by atoms with Gasteiger partial charge in [-0.2, -0.15) is 0 Å². The highest BCUT2D eigenvalue weighted by Gasteiger charge is 2.14. The lowest BCUT2D eigenvalue weighted by molar-refractivity contribution is -0.133. The molecule has 0 aliphatic heterocycles. The van der Waals surface area contributed by atoms with Gasteiger partial charge < -0.3 is 15.5 Å². The van der Waals surface area contributed by atoms with Crippen molar-refractivity contribution in [3.05, 3.63) is 52.2 Å². The van der Waals surface area contributed by atoms with Gasteiger partial charge in [-0.3, -0.25) is 14.4 Å². The highest BCUT2D eigenvalue weighted by Crippen LogP contribution is 2.09. The van der Waals surface area contributed by atoms with Crippen LogP contribution in [0.5, 0.6) is 0 Å². The molecule has 0 radical (unpaired) electrons. The molecule has 0 bridgehead atoms. The van der Waals surface area contributed by atoms with Gasteiger partial charge in [0.05, 0.1) is 11.4 Å². The van der Waals surface area contributed by atoms with Crippen molar-refractivity contribution in [3.8, 4) is 0 Å². The Hall–Kier alpha value is -2.67. The summed E-state index contributed by atoms with van der Waals surface area (Å²) < 4.78 is 0. The van der Waals surface area contributed by atoms with Crippen molar-refractivity contribution in [3.63, 3.8) is 0 Å². The maximum Gasteiger partial charge on any atom is 0.261 e. The fourth-order valence-electron chi connectivity index (χ4n) is 2.11. The smallest absolute Gasteiger partial charge is 0.261 e. The van der Waals surface area contributed by atoms with Crippen LogP contribution in [0.15, 0.2) is 41.8 Å². The summed E-state index contributed by atoms with van der Waals surface area (Å²) in [7, 11) is 1.57. The molecule has 0 aliphatic carbocycles. The normalized spacial score (nSPS) is 10.2. The number of amides is 3. The van der Waals surface area contributed by atoms with Crippen molar-refractivity contribution in [1.82, 2.24) is 10.2 Å². The van der Waals surface area contributed by atoms with Crippen molar-refractivity contribution in [1.29, 1.82) is 0 Å². The molecule has 3 amide bonds. The molecule has 1 aromatic heterocycles. The number of benzene rings is 1. The molecule has 1 heterocycles. The first-order valence-electron chi connectivity index (χ1n) is 7.88. The zero-order valence-electron chi connectivity index (χ0n) is 14.2. The van der Waals surface area contributed by atoms with Gasteiger partial charge in [-0.05, 0) is 30.5 Å². The van der Waals surface area contributed by atoms with Crippen LogP contribution in [0.3, 0.4) is 0 Å². The number of hydrogen-bond donors (Lipinski definition) is 2. The standard InChI is InChI=1S/C18H21N3O3S/c1-13-5-7-14(8-6-13)20-16(22)12-21(2)17(23)9-10-19-18(24)15-4-3-11-25-15/h3-8,11H,9-10,12H2,1-2H3,(H,19,24)(H,20,22). The quantitative estimate of drug-likeness (QED) is 0.796. The predicted octanol–water partition coefficient (Wildman–Crippen LogP) is 2.27. The Bertz CT molecular complexity index is 727. The molecule has 0 saturated heterocycles. The number of aryl methyl sites for hydroxylation is 1. The van der Waals surface area contributed by atoms with Gasteiger partial charge in [0.25, 0.3) is 5.91 Å². The fraction of sp³-hybridized carbons (Fsp3) is 0.278. The average Bonchev–Trinajstić information content (AvgIpc) is 3.11. The minimum atomic E-state index is -0.262. The number of carbonyl (C=O) groups excluding carboxylic acids is 3. The van der Waals surface area contributed by atoms with Crippen LogP contribution in [0.1, 0.15) is 21.7 Å². The Morgan fingerprint density at radius 1 is 1.12 bits per heavy atom. The summed E-state index contributed by atoms with van der Waals surface area (Å²) in [6.45, 7) is 2.17. The zero-order valence-corrected chi connectivity index (χ0v) is 15.1. The van der Waals surface area contributed by atoms with Gasteiger partial charge in [0.1, 0.15) is 0 Å². The lowest BCUT2D eigenvalue weighted by atomic mass is 10.2. The maximum atomic E-state index is 12.0. The van der Waals surface area contributed by atoms with Gasteiger partial charge in [-0.25, -0.2) is 0 Å². The van der Waals surface area contributed by atoms with Crippen molar-refractivity contribution in [2.75, 3.05) is 25.5 Å². The third-order valence-electron chi connectivity index (χ3n) is 3.51. The number of carbonyl (C=O) groups is 3. The molecule has 0 aliphatic rings. The molecular weight excluding hydrogens is 338 g/mol. The topological polar surface area (TPSA) is 78.5 Å². The molecule has 0 spiro atoms. The Morgan fingerprint density at radius 3 is 2.48 bits per heavy atom. The molecule has 0 saturated carbocycles. The van der Waals surface area contributed by atoms with E-state index in [2.05, 4.69) is 10.6 Å². The van der Waals surface area contributed by atoms with Crippen LogP contribution in [0, 0.1) is 6.92 Å². The SMILES string of the molecule is Cc1ccc(NC(=O)CN(C)C(=O)CCNC(=O)c2cccs2)cc1. The highest BCUT2D eigenvalue weighted by atomic mass is 32.1. The van der Waals surface area contributed by atoms with E-state index in [1.807, 2.05) is 36.6 Å². The third kappa shape index (κ3) is 6.04. The summed E-state index contributed by atoms with van der Waals surface area (Å²) in [5.41, 5.74) is 1.80.